The normalized spacial score (nSPS) is 22.1. The summed E-state index contributed by atoms with van der Waals surface area (Å²) < 4.78 is 1.95. The summed E-state index contributed by atoms with van der Waals surface area (Å²) in [4.78, 5) is 17.2. The Morgan fingerprint density at radius 2 is 2.53 bits per heavy atom. The SMILES string of the molecule is CCN1CCCC1Cn1cncc1C=O. The number of likely N-dealkylation sites (tertiary alicyclic amines) is 1. The van der Waals surface area contributed by atoms with Gasteiger partial charge in [0.25, 0.3) is 0 Å². The molecule has 0 bridgehead atoms. The summed E-state index contributed by atoms with van der Waals surface area (Å²) in [6.07, 6.45) is 6.74. The van der Waals surface area contributed by atoms with Crippen LogP contribution in [-0.4, -0.2) is 39.9 Å². The summed E-state index contributed by atoms with van der Waals surface area (Å²) in [7, 11) is 0. The maximum atomic E-state index is 10.7. The van der Waals surface area contributed by atoms with Crippen molar-refractivity contribution in [3.63, 3.8) is 0 Å². The molecule has 1 unspecified atom stereocenters. The lowest BCUT2D eigenvalue weighted by Gasteiger charge is -2.23. The van der Waals surface area contributed by atoms with Gasteiger partial charge in [0.15, 0.2) is 6.29 Å². The number of aldehydes is 1. The molecule has 1 aromatic heterocycles. The molecule has 4 heteroatoms. The van der Waals surface area contributed by atoms with Crippen molar-refractivity contribution < 1.29 is 4.79 Å². The lowest BCUT2D eigenvalue weighted by molar-refractivity contribution is 0.111. The van der Waals surface area contributed by atoms with Crippen LogP contribution in [0.3, 0.4) is 0 Å². The van der Waals surface area contributed by atoms with E-state index in [0.29, 0.717) is 11.7 Å². The predicted molar refractivity (Wildman–Crippen MR) is 57.9 cm³/mol. The van der Waals surface area contributed by atoms with Gasteiger partial charge in [0.1, 0.15) is 5.69 Å². The first-order valence-corrected chi connectivity index (χ1v) is 5.54. The van der Waals surface area contributed by atoms with Gasteiger partial charge in [0.05, 0.1) is 12.5 Å². The second-order valence-electron chi connectivity index (χ2n) is 4.01. The van der Waals surface area contributed by atoms with Crippen LogP contribution < -0.4 is 0 Å². The topological polar surface area (TPSA) is 38.1 Å². The van der Waals surface area contributed by atoms with Crippen LogP contribution in [-0.2, 0) is 6.54 Å². The molecule has 0 aliphatic carbocycles. The number of imidazole rings is 1. The molecule has 4 nitrogen and oxygen atoms in total. The van der Waals surface area contributed by atoms with Crippen molar-refractivity contribution in [3.05, 3.63) is 18.2 Å². The van der Waals surface area contributed by atoms with Crippen LogP contribution in [0.1, 0.15) is 30.3 Å². The summed E-state index contributed by atoms with van der Waals surface area (Å²) in [6.45, 7) is 5.36. The van der Waals surface area contributed by atoms with E-state index in [1.54, 1.807) is 12.5 Å². The van der Waals surface area contributed by atoms with E-state index >= 15 is 0 Å². The van der Waals surface area contributed by atoms with Gasteiger partial charge in [-0.3, -0.25) is 9.69 Å². The Morgan fingerprint density at radius 1 is 1.67 bits per heavy atom. The van der Waals surface area contributed by atoms with Crippen molar-refractivity contribution in [3.8, 4) is 0 Å². The zero-order chi connectivity index (χ0) is 10.7. The molecule has 0 amide bonds. The lowest BCUT2D eigenvalue weighted by Crippen LogP contribution is -2.32. The number of carbonyl (C=O) groups excluding carboxylic acids is 1. The smallest absolute Gasteiger partial charge is 0.168 e. The minimum absolute atomic E-state index is 0.572. The van der Waals surface area contributed by atoms with Crippen LogP contribution in [0.15, 0.2) is 12.5 Å². The molecule has 1 aromatic rings. The molecular formula is C11H17N3O. The fourth-order valence-corrected chi connectivity index (χ4v) is 2.33. The predicted octanol–water partition coefficient (Wildman–Crippen LogP) is 1.18. The largest absolute Gasteiger partial charge is 0.327 e. The van der Waals surface area contributed by atoms with E-state index < -0.39 is 0 Å². The number of hydrogen-bond acceptors (Lipinski definition) is 3. The van der Waals surface area contributed by atoms with Gasteiger partial charge in [0, 0.05) is 12.6 Å². The minimum Gasteiger partial charge on any atom is -0.327 e. The van der Waals surface area contributed by atoms with Crippen molar-refractivity contribution in [1.82, 2.24) is 14.5 Å². The average Bonchev–Trinajstić information content (AvgIpc) is 2.87. The Kier molecular flexibility index (Phi) is 3.16. The van der Waals surface area contributed by atoms with Gasteiger partial charge < -0.3 is 4.57 Å². The number of nitrogens with zero attached hydrogens (tertiary/aromatic N) is 3. The number of aromatic nitrogens is 2. The molecule has 1 saturated heterocycles. The Morgan fingerprint density at radius 3 is 3.27 bits per heavy atom. The lowest BCUT2D eigenvalue weighted by atomic mass is 10.2. The molecule has 1 aliphatic heterocycles. The minimum atomic E-state index is 0.572. The van der Waals surface area contributed by atoms with E-state index in [1.807, 2.05) is 4.57 Å². The number of likely N-dealkylation sites (N-methyl/N-ethyl adjacent to an activating group) is 1. The summed E-state index contributed by atoms with van der Waals surface area (Å²) in [6, 6.07) is 0.572. The molecule has 0 radical (unpaired) electrons. The molecule has 15 heavy (non-hydrogen) atoms. The van der Waals surface area contributed by atoms with E-state index in [0.717, 1.165) is 19.4 Å². The molecule has 0 aromatic carbocycles. The Bertz CT molecular complexity index is 334. The molecule has 0 saturated carbocycles. The first kappa shape index (κ1) is 10.4. The van der Waals surface area contributed by atoms with Gasteiger partial charge in [-0.25, -0.2) is 4.98 Å². The third-order valence-corrected chi connectivity index (χ3v) is 3.18. The van der Waals surface area contributed by atoms with Crippen molar-refractivity contribution in [2.75, 3.05) is 13.1 Å². The quantitative estimate of drug-likeness (QED) is 0.696. The Balaban J connectivity index is 2.04. The summed E-state index contributed by atoms with van der Waals surface area (Å²) in [5.41, 5.74) is 0.679. The molecule has 82 valence electrons. The number of hydrogen-bond donors (Lipinski definition) is 0. The zero-order valence-electron chi connectivity index (χ0n) is 9.09. The third kappa shape index (κ3) is 2.09. The maximum Gasteiger partial charge on any atom is 0.168 e. The fraction of sp³-hybridized carbons (Fsp3) is 0.636. The maximum absolute atomic E-state index is 10.7. The summed E-state index contributed by atoms with van der Waals surface area (Å²) in [5.74, 6) is 0. The van der Waals surface area contributed by atoms with Crippen LogP contribution >= 0.6 is 0 Å². The highest BCUT2D eigenvalue weighted by atomic mass is 16.1. The fourth-order valence-electron chi connectivity index (χ4n) is 2.33. The Hall–Kier alpha value is -1.16. The first-order chi connectivity index (χ1) is 7.35. The zero-order valence-corrected chi connectivity index (χ0v) is 9.09. The first-order valence-electron chi connectivity index (χ1n) is 5.54. The number of rotatable bonds is 4. The van der Waals surface area contributed by atoms with Gasteiger partial charge >= 0.3 is 0 Å². The van der Waals surface area contributed by atoms with Crippen LogP contribution in [0.5, 0.6) is 0 Å². The van der Waals surface area contributed by atoms with Gasteiger partial charge in [-0.05, 0) is 25.9 Å². The van der Waals surface area contributed by atoms with Gasteiger partial charge in [-0.2, -0.15) is 0 Å². The molecule has 0 N–H and O–H groups in total. The number of carbonyl (C=O) groups is 1. The van der Waals surface area contributed by atoms with Gasteiger partial charge in [-0.1, -0.05) is 6.92 Å². The summed E-state index contributed by atoms with van der Waals surface area (Å²) >= 11 is 0. The third-order valence-electron chi connectivity index (χ3n) is 3.18. The van der Waals surface area contributed by atoms with E-state index in [2.05, 4.69) is 16.8 Å². The Labute approximate surface area is 89.9 Å². The monoisotopic (exact) mass is 207 g/mol. The standard InChI is InChI=1S/C11H17N3O/c1-2-13-5-3-4-10(13)7-14-9-12-6-11(14)8-15/h6,8-10H,2-5,7H2,1H3. The molecular weight excluding hydrogens is 190 g/mol. The van der Waals surface area contributed by atoms with Gasteiger partial charge in [0.2, 0.25) is 0 Å². The van der Waals surface area contributed by atoms with Gasteiger partial charge in [-0.15, -0.1) is 0 Å². The molecule has 0 spiro atoms. The van der Waals surface area contributed by atoms with Crippen molar-refractivity contribution in [2.24, 2.45) is 0 Å². The van der Waals surface area contributed by atoms with E-state index in [4.69, 9.17) is 0 Å². The van der Waals surface area contributed by atoms with E-state index in [1.165, 1.54) is 19.4 Å². The molecule has 1 atom stereocenters. The van der Waals surface area contributed by atoms with Crippen molar-refractivity contribution in [2.45, 2.75) is 32.4 Å². The highest BCUT2D eigenvalue weighted by Crippen LogP contribution is 2.18. The molecule has 1 aliphatic rings. The summed E-state index contributed by atoms with van der Waals surface area (Å²) in [5, 5.41) is 0. The van der Waals surface area contributed by atoms with Crippen LogP contribution in [0.25, 0.3) is 0 Å². The average molecular weight is 207 g/mol. The van der Waals surface area contributed by atoms with Crippen molar-refractivity contribution in [1.29, 1.82) is 0 Å². The van der Waals surface area contributed by atoms with Crippen LogP contribution in [0.2, 0.25) is 0 Å². The molecule has 2 heterocycles. The van der Waals surface area contributed by atoms with E-state index in [-0.39, 0.29) is 0 Å². The molecule has 1 fully saturated rings. The van der Waals surface area contributed by atoms with Crippen LogP contribution in [0.4, 0.5) is 0 Å². The van der Waals surface area contributed by atoms with E-state index in [9.17, 15) is 4.79 Å². The highest BCUT2D eigenvalue weighted by Gasteiger charge is 2.23. The second kappa shape index (κ2) is 4.57. The van der Waals surface area contributed by atoms with Crippen molar-refractivity contribution >= 4 is 6.29 Å². The molecule has 2 rings (SSSR count). The van der Waals surface area contributed by atoms with Crippen LogP contribution in [0, 0.1) is 0 Å². The highest BCUT2D eigenvalue weighted by molar-refractivity contribution is 5.71. The second-order valence-corrected chi connectivity index (χ2v) is 4.01.